The number of anilines is 2. The topological polar surface area (TPSA) is 75.7 Å². The molecule has 1 N–H and O–H groups in total. The van der Waals surface area contributed by atoms with Gasteiger partial charge in [0.2, 0.25) is 11.8 Å². The minimum absolute atomic E-state index is 0.122. The van der Waals surface area contributed by atoms with Crippen LogP contribution in [0.5, 0.6) is 5.75 Å². The van der Waals surface area contributed by atoms with Crippen LogP contribution in [0.4, 0.5) is 11.4 Å². The Bertz CT molecular complexity index is 1010. The van der Waals surface area contributed by atoms with Crippen LogP contribution in [0.1, 0.15) is 16.8 Å². The first-order valence-corrected chi connectivity index (χ1v) is 9.69. The molecule has 0 radical (unpaired) electrons. The minimum Gasteiger partial charge on any atom is -0.495 e. The summed E-state index contributed by atoms with van der Waals surface area (Å²) in [5, 5.41) is 2.82. The number of ether oxygens (including phenoxy) is 1. The van der Waals surface area contributed by atoms with Crippen molar-refractivity contribution in [2.45, 2.75) is 6.42 Å². The highest BCUT2D eigenvalue weighted by atomic mass is 16.5. The molecule has 1 saturated carbocycles. The summed E-state index contributed by atoms with van der Waals surface area (Å²) >= 11 is 0. The van der Waals surface area contributed by atoms with E-state index in [0.717, 1.165) is 6.42 Å². The summed E-state index contributed by atoms with van der Waals surface area (Å²) in [6.07, 6.45) is 5.06. The van der Waals surface area contributed by atoms with Crippen molar-refractivity contribution in [3.8, 4) is 5.75 Å². The molecule has 2 bridgehead atoms. The Morgan fingerprint density at radius 1 is 0.966 bits per heavy atom. The van der Waals surface area contributed by atoms with E-state index in [1.54, 1.807) is 43.5 Å². The number of rotatable bonds is 4. The van der Waals surface area contributed by atoms with Crippen LogP contribution in [0.3, 0.4) is 0 Å². The fourth-order valence-electron chi connectivity index (χ4n) is 4.86. The largest absolute Gasteiger partial charge is 0.495 e. The highest BCUT2D eigenvalue weighted by molar-refractivity contribution is 6.23. The first-order valence-electron chi connectivity index (χ1n) is 9.69. The van der Waals surface area contributed by atoms with Crippen molar-refractivity contribution < 1.29 is 19.1 Å². The van der Waals surface area contributed by atoms with Crippen LogP contribution < -0.4 is 15.0 Å². The number of nitrogens with zero attached hydrogens (tertiary/aromatic N) is 1. The van der Waals surface area contributed by atoms with Crippen LogP contribution in [0.15, 0.2) is 60.7 Å². The molecule has 1 heterocycles. The molecule has 1 saturated heterocycles. The Kier molecular flexibility index (Phi) is 4.01. The molecule has 0 spiro atoms. The van der Waals surface area contributed by atoms with Crippen LogP contribution in [0.25, 0.3) is 0 Å². The predicted molar refractivity (Wildman–Crippen MR) is 108 cm³/mol. The lowest BCUT2D eigenvalue weighted by atomic mass is 9.85. The zero-order valence-electron chi connectivity index (χ0n) is 15.9. The Hall–Kier alpha value is -3.41. The molecule has 1 aliphatic heterocycles. The van der Waals surface area contributed by atoms with Crippen LogP contribution in [-0.4, -0.2) is 24.8 Å². The molecule has 29 heavy (non-hydrogen) atoms. The summed E-state index contributed by atoms with van der Waals surface area (Å²) < 4.78 is 5.25. The average Bonchev–Trinajstić information content (AvgIpc) is 3.42. The van der Waals surface area contributed by atoms with Crippen molar-refractivity contribution >= 4 is 29.1 Å². The lowest BCUT2D eigenvalue weighted by Crippen LogP contribution is -2.32. The van der Waals surface area contributed by atoms with E-state index >= 15 is 0 Å². The molecule has 2 aromatic carbocycles. The van der Waals surface area contributed by atoms with E-state index < -0.39 is 0 Å². The van der Waals surface area contributed by atoms with Gasteiger partial charge in [-0.2, -0.15) is 0 Å². The number of carbonyl (C=O) groups is 3. The van der Waals surface area contributed by atoms with E-state index in [2.05, 4.69) is 17.5 Å². The number of carbonyl (C=O) groups excluding carboxylic acids is 3. The van der Waals surface area contributed by atoms with Crippen LogP contribution in [0.2, 0.25) is 0 Å². The maximum absolute atomic E-state index is 12.9. The van der Waals surface area contributed by atoms with Crippen LogP contribution >= 0.6 is 0 Å². The highest BCUT2D eigenvalue weighted by Gasteiger charge is 2.59. The van der Waals surface area contributed by atoms with E-state index in [9.17, 15) is 14.4 Å². The molecule has 3 aliphatic rings. The molecule has 5 rings (SSSR count). The van der Waals surface area contributed by atoms with E-state index in [1.807, 2.05) is 12.1 Å². The molecular formula is C23H20N2O4. The number of fused-ring (bicyclic) bond motifs is 5. The Morgan fingerprint density at radius 2 is 1.59 bits per heavy atom. The van der Waals surface area contributed by atoms with Gasteiger partial charge < -0.3 is 10.1 Å². The third-order valence-electron chi connectivity index (χ3n) is 6.21. The Labute approximate surface area is 168 Å². The van der Waals surface area contributed by atoms with Crippen molar-refractivity contribution in [2.24, 2.45) is 23.7 Å². The molecule has 6 nitrogen and oxygen atoms in total. The second kappa shape index (κ2) is 6.58. The number of methoxy groups -OCH3 is 1. The molecule has 2 aromatic rings. The SMILES string of the molecule is COc1ccccc1NC(=O)c1ccc(N2C(=O)[C@@H]3[C@H](C2=O)[C@@H]2C=C[C@@H]3C2)cc1. The first kappa shape index (κ1) is 17.7. The number of amides is 3. The average molecular weight is 388 g/mol. The number of allylic oxidation sites excluding steroid dienone is 2. The maximum Gasteiger partial charge on any atom is 0.255 e. The molecule has 6 heteroatoms. The second-order valence-electron chi connectivity index (χ2n) is 7.71. The van der Waals surface area contributed by atoms with Gasteiger partial charge in [0.05, 0.1) is 30.3 Å². The fourth-order valence-corrected chi connectivity index (χ4v) is 4.86. The summed E-state index contributed by atoms with van der Waals surface area (Å²) in [5.74, 6) is -0.0716. The Balaban J connectivity index is 1.35. The fraction of sp³-hybridized carbons (Fsp3) is 0.261. The molecule has 2 fully saturated rings. The number of imide groups is 1. The van der Waals surface area contributed by atoms with Crippen molar-refractivity contribution in [1.29, 1.82) is 0 Å². The van der Waals surface area contributed by atoms with Gasteiger partial charge in [-0.15, -0.1) is 0 Å². The first-order chi connectivity index (χ1) is 14.1. The number of hydrogen-bond donors (Lipinski definition) is 1. The van der Waals surface area contributed by atoms with Crippen molar-refractivity contribution in [2.75, 3.05) is 17.3 Å². The van der Waals surface area contributed by atoms with Gasteiger partial charge in [-0.05, 0) is 54.7 Å². The molecule has 0 unspecified atom stereocenters. The zero-order valence-corrected chi connectivity index (χ0v) is 15.9. The number of hydrogen-bond acceptors (Lipinski definition) is 4. The minimum atomic E-state index is -0.292. The molecule has 0 aromatic heterocycles. The van der Waals surface area contributed by atoms with Crippen LogP contribution in [0, 0.1) is 23.7 Å². The number of benzene rings is 2. The van der Waals surface area contributed by atoms with Gasteiger partial charge in [0.15, 0.2) is 0 Å². The van der Waals surface area contributed by atoms with E-state index in [4.69, 9.17) is 4.74 Å². The van der Waals surface area contributed by atoms with E-state index in [-0.39, 0.29) is 41.4 Å². The summed E-state index contributed by atoms with van der Waals surface area (Å²) in [7, 11) is 1.54. The lowest BCUT2D eigenvalue weighted by molar-refractivity contribution is -0.123. The zero-order chi connectivity index (χ0) is 20.1. The van der Waals surface area contributed by atoms with Gasteiger partial charge in [0, 0.05) is 5.56 Å². The number of nitrogens with one attached hydrogen (secondary N) is 1. The van der Waals surface area contributed by atoms with Gasteiger partial charge in [-0.25, -0.2) is 0 Å². The van der Waals surface area contributed by atoms with Gasteiger partial charge >= 0.3 is 0 Å². The van der Waals surface area contributed by atoms with E-state index in [0.29, 0.717) is 22.7 Å². The monoisotopic (exact) mass is 388 g/mol. The van der Waals surface area contributed by atoms with Gasteiger partial charge in [-0.1, -0.05) is 24.3 Å². The Morgan fingerprint density at radius 3 is 2.21 bits per heavy atom. The smallest absolute Gasteiger partial charge is 0.255 e. The molecule has 3 amide bonds. The predicted octanol–water partition coefficient (Wildman–Crippen LogP) is 3.26. The van der Waals surface area contributed by atoms with Crippen molar-refractivity contribution in [3.05, 3.63) is 66.2 Å². The van der Waals surface area contributed by atoms with Gasteiger partial charge in [0.25, 0.3) is 5.91 Å². The normalized spacial score (nSPS) is 26.7. The molecule has 4 atom stereocenters. The van der Waals surface area contributed by atoms with E-state index in [1.165, 1.54) is 4.90 Å². The summed E-state index contributed by atoms with van der Waals surface area (Å²) in [6.45, 7) is 0. The molecule has 2 aliphatic carbocycles. The quantitative estimate of drug-likeness (QED) is 0.644. The maximum atomic E-state index is 12.9. The third kappa shape index (κ3) is 2.67. The molecular weight excluding hydrogens is 368 g/mol. The molecule has 146 valence electrons. The van der Waals surface area contributed by atoms with Crippen molar-refractivity contribution in [1.82, 2.24) is 0 Å². The number of para-hydroxylation sites is 2. The van der Waals surface area contributed by atoms with Gasteiger partial charge in [0.1, 0.15) is 5.75 Å². The standard InChI is InChI=1S/C23H20N2O4/c1-29-18-5-3-2-4-17(18)24-21(26)13-8-10-16(11-9-13)25-22(27)19-14-6-7-15(12-14)20(19)23(25)28/h2-11,14-15,19-20H,12H2,1H3,(H,24,26)/t14-,15-,19-,20+/m1/s1. The highest BCUT2D eigenvalue weighted by Crippen LogP contribution is 2.53. The summed E-state index contributed by atoms with van der Waals surface area (Å²) in [5.41, 5.74) is 1.52. The summed E-state index contributed by atoms with van der Waals surface area (Å²) in [6, 6.07) is 13.7. The lowest BCUT2D eigenvalue weighted by Gasteiger charge is -2.17. The van der Waals surface area contributed by atoms with Gasteiger partial charge in [-0.3, -0.25) is 19.3 Å². The summed E-state index contributed by atoms with van der Waals surface area (Å²) in [4.78, 5) is 39.7. The van der Waals surface area contributed by atoms with Crippen molar-refractivity contribution in [3.63, 3.8) is 0 Å². The third-order valence-corrected chi connectivity index (χ3v) is 6.21. The second-order valence-corrected chi connectivity index (χ2v) is 7.71. The van der Waals surface area contributed by atoms with Crippen LogP contribution in [-0.2, 0) is 9.59 Å².